The zero-order chi connectivity index (χ0) is 15.2. The molecule has 2 unspecified atom stereocenters. The number of nitrogens with one attached hydrogen (secondary N) is 1. The molecule has 118 valence electrons. The van der Waals surface area contributed by atoms with Gasteiger partial charge >= 0.3 is 0 Å². The van der Waals surface area contributed by atoms with Crippen LogP contribution >= 0.6 is 0 Å². The topological polar surface area (TPSA) is 40.6 Å². The van der Waals surface area contributed by atoms with Crippen molar-refractivity contribution in [2.24, 2.45) is 5.92 Å². The van der Waals surface area contributed by atoms with Crippen molar-refractivity contribution >= 4 is 5.82 Å². The Morgan fingerprint density at radius 3 is 2.76 bits per heavy atom. The van der Waals surface area contributed by atoms with E-state index < -0.39 is 0 Å². The summed E-state index contributed by atoms with van der Waals surface area (Å²) in [5.74, 6) is 1.77. The number of pyridine rings is 1. The molecule has 1 aromatic heterocycles. The standard InChI is InChI=1S/C16H28N4O/c1-13-11-20(12-15(13)19(2)3)16-6-5-14(10-18-16)9-17-7-8-21-4/h5-6,10,13,15,17H,7-9,11-12H2,1-4H3. The number of nitrogens with zero attached hydrogens (tertiary/aromatic N) is 3. The number of hydrogen-bond donors (Lipinski definition) is 1. The highest BCUT2D eigenvalue weighted by molar-refractivity contribution is 5.41. The van der Waals surface area contributed by atoms with Crippen molar-refractivity contribution in [3.05, 3.63) is 23.9 Å². The van der Waals surface area contributed by atoms with Gasteiger partial charge in [-0.1, -0.05) is 13.0 Å². The van der Waals surface area contributed by atoms with E-state index in [9.17, 15) is 0 Å². The van der Waals surface area contributed by atoms with E-state index >= 15 is 0 Å². The van der Waals surface area contributed by atoms with Crippen LogP contribution in [0.2, 0.25) is 0 Å². The fourth-order valence-corrected chi connectivity index (χ4v) is 2.92. The zero-order valence-electron chi connectivity index (χ0n) is 13.7. The fourth-order valence-electron chi connectivity index (χ4n) is 2.92. The number of likely N-dealkylation sites (N-methyl/N-ethyl adjacent to an activating group) is 1. The minimum absolute atomic E-state index is 0.613. The van der Waals surface area contributed by atoms with Gasteiger partial charge in [-0.25, -0.2) is 4.98 Å². The van der Waals surface area contributed by atoms with Crippen LogP contribution in [0.3, 0.4) is 0 Å². The SMILES string of the molecule is COCCNCc1ccc(N2CC(C)C(N(C)C)C2)nc1. The molecule has 0 radical (unpaired) electrons. The molecule has 1 N–H and O–H groups in total. The minimum atomic E-state index is 0.613. The van der Waals surface area contributed by atoms with Gasteiger partial charge in [0.05, 0.1) is 6.61 Å². The third-order valence-corrected chi connectivity index (χ3v) is 4.18. The Bertz CT molecular complexity index is 421. The molecule has 0 amide bonds. The smallest absolute Gasteiger partial charge is 0.128 e. The third kappa shape index (κ3) is 4.40. The molecule has 0 aromatic carbocycles. The molecule has 1 aromatic rings. The highest BCUT2D eigenvalue weighted by Crippen LogP contribution is 2.24. The molecular formula is C16H28N4O. The van der Waals surface area contributed by atoms with Gasteiger partial charge in [0.15, 0.2) is 0 Å². The molecule has 0 saturated carbocycles. The van der Waals surface area contributed by atoms with E-state index in [0.717, 1.165) is 38.6 Å². The predicted molar refractivity (Wildman–Crippen MR) is 86.7 cm³/mol. The summed E-state index contributed by atoms with van der Waals surface area (Å²) < 4.78 is 5.02. The van der Waals surface area contributed by atoms with Gasteiger partial charge in [-0.3, -0.25) is 0 Å². The Labute approximate surface area is 128 Å². The monoisotopic (exact) mass is 292 g/mol. The van der Waals surface area contributed by atoms with Crippen LogP contribution in [0.25, 0.3) is 0 Å². The number of hydrogen-bond acceptors (Lipinski definition) is 5. The van der Waals surface area contributed by atoms with Crippen molar-refractivity contribution in [3.63, 3.8) is 0 Å². The van der Waals surface area contributed by atoms with E-state index in [1.54, 1.807) is 7.11 Å². The molecule has 0 bridgehead atoms. The first-order valence-electron chi connectivity index (χ1n) is 7.67. The Kier molecular flexibility index (Phi) is 5.96. The summed E-state index contributed by atoms with van der Waals surface area (Å²) in [5.41, 5.74) is 1.21. The van der Waals surface area contributed by atoms with Crippen LogP contribution in [0, 0.1) is 5.92 Å². The number of anilines is 1. The van der Waals surface area contributed by atoms with E-state index in [4.69, 9.17) is 4.74 Å². The maximum absolute atomic E-state index is 5.02. The van der Waals surface area contributed by atoms with Crippen LogP contribution in [-0.4, -0.2) is 63.4 Å². The normalized spacial score (nSPS) is 22.2. The van der Waals surface area contributed by atoms with Crippen LogP contribution in [-0.2, 0) is 11.3 Å². The molecule has 2 heterocycles. The van der Waals surface area contributed by atoms with Gasteiger partial charge < -0.3 is 19.9 Å². The number of methoxy groups -OCH3 is 1. The van der Waals surface area contributed by atoms with Crippen LogP contribution in [0.1, 0.15) is 12.5 Å². The molecule has 0 aliphatic carbocycles. The van der Waals surface area contributed by atoms with Crippen molar-refractivity contribution in [2.75, 3.05) is 52.3 Å². The van der Waals surface area contributed by atoms with Gasteiger partial charge in [0.25, 0.3) is 0 Å². The lowest BCUT2D eigenvalue weighted by Crippen LogP contribution is -2.34. The summed E-state index contributed by atoms with van der Waals surface area (Å²) in [6.07, 6.45) is 1.97. The molecular weight excluding hydrogens is 264 g/mol. The second kappa shape index (κ2) is 7.73. The molecule has 1 saturated heterocycles. The summed E-state index contributed by atoms with van der Waals surface area (Å²) in [6, 6.07) is 4.91. The molecule has 1 aliphatic heterocycles. The quantitative estimate of drug-likeness (QED) is 0.765. The van der Waals surface area contributed by atoms with Crippen molar-refractivity contribution < 1.29 is 4.74 Å². The molecule has 2 atom stereocenters. The molecule has 0 spiro atoms. The van der Waals surface area contributed by atoms with Crippen molar-refractivity contribution in [2.45, 2.75) is 19.5 Å². The summed E-state index contributed by atoms with van der Waals surface area (Å²) >= 11 is 0. The molecule has 5 heteroatoms. The number of ether oxygens (including phenoxy) is 1. The van der Waals surface area contributed by atoms with Gasteiger partial charge in [0, 0.05) is 45.5 Å². The van der Waals surface area contributed by atoms with Crippen LogP contribution < -0.4 is 10.2 Å². The van der Waals surface area contributed by atoms with Crippen LogP contribution in [0.15, 0.2) is 18.3 Å². The lowest BCUT2D eigenvalue weighted by atomic mass is 10.1. The van der Waals surface area contributed by atoms with Crippen molar-refractivity contribution in [3.8, 4) is 0 Å². The molecule has 5 nitrogen and oxygen atoms in total. The Morgan fingerprint density at radius 2 is 2.19 bits per heavy atom. The van der Waals surface area contributed by atoms with Gasteiger partial charge in [-0.05, 0) is 31.6 Å². The van der Waals surface area contributed by atoms with E-state index in [1.165, 1.54) is 5.56 Å². The number of rotatable bonds is 7. The van der Waals surface area contributed by atoms with Gasteiger partial charge in [-0.15, -0.1) is 0 Å². The third-order valence-electron chi connectivity index (χ3n) is 4.18. The summed E-state index contributed by atoms with van der Waals surface area (Å²) in [5, 5.41) is 3.34. The molecule has 1 fully saturated rings. The van der Waals surface area contributed by atoms with E-state index in [-0.39, 0.29) is 0 Å². The Hall–Kier alpha value is -1.17. The molecule has 21 heavy (non-hydrogen) atoms. The molecule has 1 aliphatic rings. The summed E-state index contributed by atoms with van der Waals surface area (Å²) in [7, 11) is 6.04. The first-order valence-corrected chi connectivity index (χ1v) is 7.67. The maximum Gasteiger partial charge on any atom is 0.128 e. The zero-order valence-corrected chi connectivity index (χ0v) is 13.7. The lowest BCUT2D eigenvalue weighted by molar-refractivity contribution is 0.199. The average Bonchev–Trinajstić information content (AvgIpc) is 2.86. The maximum atomic E-state index is 5.02. The molecule has 2 rings (SSSR count). The lowest BCUT2D eigenvalue weighted by Gasteiger charge is -2.22. The van der Waals surface area contributed by atoms with Crippen molar-refractivity contribution in [1.82, 2.24) is 15.2 Å². The predicted octanol–water partition coefficient (Wildman–Crippen LogP) is 1.20. The van der Waals surface area contributed by atoms with Crippen molar-refractivity contribution in [1.29, 1.82) is 0 Å². The van der Waals surface area contributed by atoms with E-state index in [0.29, 0.717) is 12.0 Å². The second-order valence-electron chi connectivity index (χ2n) is 6.11. The first-order chi connectivity index (χ1) is 10.1. The van der Waals surface area contributed by atoms with Gasteiger partial charge in [0.1, 0.15) is 5.82 Å². The van der Waals surface area contributed by atoms with Crippen LogP contribution in [0.5, 0.6) is 0 Å². The first kappa shape index (κ1) is 16.2. The van der Waals surface area contributed by atoms with Crippen LogP contribution in [0.4, 0.5) is 5.82 Å². The summed E-state index contributed by atoms with van der Waals surface area (Å²) in [4.78, 5) is 9.33. The highest BCUT2D eigenvalue weighted by Gasteiger charge is 2.31. The van der Waals surface area contributed by atoms with E-state index in [1.807, 2.05) is 6.20 Å². The Morgan fingerprint density at radius 1 is 1.38 bits per heavy atom. The largest absolute Gasteiger partial charge is 0.383 e. The highest BCUT2D eigenvalue weighted by atomic mass is 16.5. The van der Waals surface area contributed by atoms with E-state index in [2.05, 4.69) is 53.3 Å². The second-order valence-corrected chi connectivity index (χ2v) is 6.11. The Balaban J connectivity index is 1.88. The summed E-state index contributed by atoms with van der Waals surface area (Å²) in [6.45, 7) is 6.91. The fraction of sp³-hybridized carbons (Fsp3) is 0.688. The van der Waals surface area contributed by atoms with Gasteiger partial charge in [-0.2, -0.15) is 0 Å². The minimum Gasteiger partial charge on any atom is -0.383 e. The van der Waals surface area contributed by atoms with Gasteiger partial charge in [0.2, 0.25) is 0 Å². The average molecular weight is 292 g/mol. The number of aromatic nitrogens is 1.